The third-order valence-electron chi connectivity index (χ3n) is 7.41. The fourth-order valence-electron chi connectivity index (χ4n) is 4.83. The molecule has 4 rings (SSSR count). The quantitative estimate of drug-likeness (QED) is 0.163. The molecular formula is C35H34F3N3O4. The molecule has 0 fully saturated rings. The predicted octanol–water partition coefficient (Wildman–Crippen LogP) is 7.41. The Hall–Kier alpha value is -5.12. The van der Waals surface area contributed by atoms with Gasteiger partial charge in [0.15, 0.2) is 0 Å². The van der Waals surface area contributed by atoms with Gasteiger partial charge < -0.3 is 20.7 Å². The minimum Gasteiger partial charge on any atom is -0.495 e. The number of carbonyl (C=O) groups is 3. The van der Waals surface area contributed by atoms with E-state index in [1.165, 1.54) is 37.4 Å². The lowest BCUT2D eigenvalue weighted by molar-refractivity contribution is -0.137. The molecule has 0 heterocycles. The molecule has 0 radical (unpaired) electrons. The minimum absolute atomic E-state index is 0.0343. The molecule has 234 valence electrons. The zero-order chi connectivity index (χ0) is 32.6. The molecule has 0 saturated heterocycles. The topological polar surface area (TPSA) is 96.5 Å². The van der Waals surface area contributed by atoms with Crippen LogP contribution in [0.3, 0.4) is 0 Å². The van der Waals surface area contributed by atoms with Crippen LogP contribution in [0.4, 0.5) is 18.9 Å². The normalized spacial score (nSPS) is 11.9. The van der Waals surface area contributed by atoms with Crippen molar-refractivity contribution in [3.8, 4) is 16.9 Å². The molecule has 0 saturated carbocycles. The van der Waals surface area contributed by atoms with E-state index >= 15 is 0 Å². The molecule has 3 N–H and O–H groups in total. The van der Waals surface area contributed by atoms with Crippen molar-refractivity contribution in [3.05, 3.63) is 119 Å². The number of methoxy groups -OCH3 is 1. The molecule has 0 aliphatic heterocycles. The number of rotatable bonds is 11. The molecular weight excluding hydrogens is 583 g/mol. The Kier molecular flexibility index (Phi) is 10.6. The highest BCUT2D eigenvalue weighted by atomic mass is 19.4. The van der Waals surface area contributed by atoms with Crippen LogP contribution in [0.25, 0.3) is 11.1 Å². The number of hydrogen-bond acceptors (Lipinski definition) is 4. The van der Waals surface area contributed by atoms with Crippen molar-refractivity contribution >= 4 is 23.4 Å². The van der Waals surface area contributed by atoms with Crippen molar-refractivity contribution in [2.24, 2.45) is 0 Å². The number of benzene rings is 4. The van der Waals surface area contributed by atoms with Crippen molar-refractivity contribution < 1.29 is 32.3 Å². The Morgan fingerprint density at radius 2 is 1.42 bits per heavy atom. The van der Waals surface area contributed by atoms with Gasteiger partial charge in [-0.05, 0) is 65.9 Å². The van der Waals surface area contributed by atoms with E-state index in [-0.39, 0.29) is 34.5 Å². The Labute approximate surface area is 259 Å². The lowest BCUT2D eigenvalue weighted by Gasteiger charge is -2.22. The third kappa shape index (κ3) is 8.08. The van der Waals surface area contributed by atoms with E-state index in [1.807, 2.05) is 19.9 Å². The fourth-order valence-corrected chi connectivity index (χ4v) is 4.83. The monoisotopic (exact) mass is 617 g/mol. The summed E-state index contributed by atoms with van der Waals surface area (Å²) in [6.07, 6.45) is -2.98. The maximum Gasteiger partial charge on any atom is 0.416 e. The van der Waals surface area contributed by atoms with Gasteiger partial charge in [0.1, 0.15) is 11.8 Å². The Morgan fingerprint density at radius 3 is 2.04 bits per heavy atom. The van der Waals surface area contributed by atoms with Crippen molar-refractivity contribution in [2.75, 3.05) is 12.4 Å². The standard InChI is InChI=1S/C35H34F3N3O4/c1-4-26(5-2)39-34(44)31(23-11-7-6-8-12-23)41-32(42)24-17-20-29(30(21-24)45-3)40-33(43)28-14-10-9-13-27(28)22-15-18-25(19-16-22)35(36,37)38/h6-21,26,31H,4-5H2,1-3H3,(H,39,44)(H,40,43)(H,41,42)/t31-/m0/s1. The molecule has 0 aliphatic carbocycles. The predicted molar refractivity (Wildman–Crippen MR) is 167 cm³/mol. The van der Waals surface area contributed by atoms with Crippen LogP contribution in [0.2, 0.25) is 0 Å². The third-order valence-corrected chi connectivity index (χ3v) is 7.41. The first kappa shape index (κ1) is 32.8. The highest BCUT2D eigenvalue weighted by Crippen LogP contribution is 2.33. The van der Waals surface area contributed by atoms with Crippen LogP contribution in [0.1, 0.15) is 64.6 Å². The first-order valence-corrected chi connectivity index (χ1v) is 14.5. The van der Waals surface area contributed by atoms with Gasteiger partial charge in [-0.1, -0.05) is 74.5 Å². The van der Waals surface area contributed by atoms with E-state index < -0.39 is 29.6 Å². The summed E-state index contributed by atoms with van der Waals surface area (Å²) < 4.78 is 44.6. The summed E-state index contributed by atoms with van der Waals surface area (Å²) in [4.78, 5) is 39.9. The van der Waals surface area contributed by atoms with Crippen molar-refractivity contribution in [3.63, 3.8) is 0 Å². The second kappa shape index (κ2) is 14.6. The van der Waals surface area contributed by atoms with Gasteiger partial charge in [0.05, 0.1) is 18.4 Å². The summed E-state index contributed by atoms with van der Waals surface area (Å²) in [7, 11) is 1.39. The highest BCUT2D eigenvalue weighted by molar-refractivity contribution is 6.09. The van der Waals surface area contributed by atoms with Gasteiger partial charge in [-0.2, -0.15) is 13.2 Å². The van der Waals surface area contributed by atoms with Crippen molar-refractivity contribution in [2.45, 2.75) is 44.9 Å². The van der Waals surface area contributed by atoms with Crippen molar-refractivity contribution in [1.29, 1.82) is 0 Å². The van der Waals surface area contributed by atoms with E-state index in [4.69, 9.17) is 4.74 Å². The van der Waals surface area contributed by atoms with Gasteiger partial charge in [-0.15, -0.1) is 0 Å². The van der Waals surface area contributed by atoms with Crippen LogP contribution in [0.5, 0.6) is 5.75 Å². The summed E-state index contributed by atoms with van der Waals surface area (Å²) in [5.41, 5.74) is 1.42. The number of anilines is 1. The van der Waals surface area contributed by atoms with Crippen LogP contribution < -0.4 is 20.7 Å². The lowest BCUT2D eigenvalue weighted by Crippen LogP contribution is -2.44. The number of alkyl halides is 3. The van der Waals surface area contributed by atoms with Gasteiger partial charge in [-0.25, -0.2) is 0 Å². The molecule has 0 bridgehead atoms. The Bertz CT molecular complexity index is 1640. The molecule has 0 unspecified atom stereocenters. The summed E-state index contributed by atoms with van der Waals surface area (Å²) in [6.45, 7) is 3.95. The van der Waals surface area contributed by atoms with E-state index in [0.29, 0.717) is 16.7 Å². The Morgan fingerprint density at radius 1 is 0.778 bits per heavy atom. The number of halogens is 3. The molecule has 4 aromatic carbocycles. The van der Waals surface area contributed by atoms with Gasteiger partial charge in [0, 0.05) is 17.2 Å². The smallest absolute Gasteiger partial charge is 0.416 e. The largest absolute Gasteiger partial charge is 0.495 e. The van der Waals surface area contributed by atoms with E-state index in [2.05, 4.69) is 16.0 Å². The number of amides is 3. The molecule has 45 heavy (non-hydrogen) atoms. The average molecular weight is 618 g/mol. The number of nitrogens with one attached hydrogen (secondary N) is 3. The van der Waals surface area contributed by atoms with Crippen LogP contribution in [-0.2, 0) is 11.0 Å². The summed E-state index contributed by atoms with van der Waals surface area (Å²) in [5.74, 6) is -1.18. The second-order valence-electron chi connectivity index (χ2n) is 10.3. The van der Waals surface area contributed by atoms with Crippen LogP contribution in [0.15, 0.2) is 97.1 Å². The zero-order valence-corrected chi connectivity index (χ0v) is 25.1. The molecule has 10 heteroatoms. The summed E-state index contributed by atoms with van der Waals surface area (Å²) in [6, 6.07) is 23.5. The SMILES string of the molecule is CCC(CC)NC(=O)[C@@H](NC(=O)c1ccc(NC(=O)c2ccccc2-c2ccc(C(F)(F)F)cc2)c(OC)c1)c1ccccc1. The van der Waals surface area contributed by atoms with E-state index in [1.54, 1.807) is 48.5 Å². The molecule has 4 aromatic rings. The molecule has 0 aromatic heterocycles. The van der Waals surface area contributed by atoms with Crippen molar-refractivity contribution in [1.82, 2.24) is 10.6 Å². The molecule has 0 spiro atoms. The first-order valence-electron chi connectivity index (χ1n) is 14.5. The lowest BCUT2D eigenvalue weighted by atomic mass is 9.98. The second-order valence-corrected chi connectivity index (χ2v) is 10.3. The van der Waals surface area contributed by atoms with Crippen LogP contribution in [-0.4, -0.2) is 30.9 Å². The minimum atomic E-state index is -4.48. The maximum atomic E-state index is 13.4. The zero-order valence-electron chi connectivity index (χ0n) is 25.1. The molecule has 0 aliphatic rings. The van der Waals surface area contributed by atoms with E-state index in [0.717, 1.165) is 25.0 Å². The summed E-state index contributed by atoms with van der Waals surface area (Å²) >= 11 is 0. The molecule has 3 amide bonds. The average Bonchev–Trinajstić information content (AvgIpc) is 3.06. The molecule has 1 atom stereocenters. The summed E-state index contributed by atoms with van der Waals surface area (Å²) in [5, 5.41) is 8.57. The number of carbonyl (C=O) groups excluding carboxylic acids is 3. The number of hydrogen-bond donors (Lipinski definition) is 3. The van der Waals surface area contributed by atoms with Gasteiger partial charge >= 0.3 is 6.18 Å². The van der Waals surface area contributed by atoms with Gasteiger partial charge in [-0.3, -0.25) is 14.4 Å². The molecule has 7 nitrogen and oxygen atoms in total. The van der Waals surface area contributed by atoms with Gasteiger partial charge in [0.25, 0.3) is 11.8 Å². The highest BCUT2D eigenvalue weighted by Gasteiger charge is 2.30. The van der Waals surface area contributed by atoms with Crippen LogP contribution in [0, 0.1) is 0 Å². The van der Waals surface area contributed by atoms with Gasteiger partial charge in [0.2, 0.25) is 5.91 Å². The Balaban J connectivity index is 1.55. The number of ether oxygens (including phenoxy) is 1. The maximum absolute atomic E-state index is 13.4. The first-order chi connectivity index (χ1) is 21.5. The fraction of sp³-hybridized carbons (Fsp3) is 0.229. The van der Waals surface area contributed by atoms with Crippen LogP contribution >= 0.6 is 0 Å². The van der Waals surface area contributed by atoms with E-state index in [9.17, 15) is 27.6 Å².